The van der Waals surface area contributed by atoms with Crippen molar-refractivity contribution in [1.82, 2.24) is 10.6 Å². The van der Waals surface area contributed by atoms with E-state index in [9.17, 15) is 9.59 Å². The van der Waals surface area contributed by atoms with E-state index in [1.54, 1.807) is 6.07 Å². The van der Waals surface area contributed by atoms with Crippen LogP contribution in [0.5, 0.6) is 0 Å². The van der Waals surface area contributed by atoms with E-state index in [1.165, 1.54) is 0 Å². The Kier molecular flexibility index (Phi) is 2.64. The molecule has 0 unspecified atom stereocenters. The standard InChI is InChI=1S/C7H9N3O2/c8-4-3-6(11)10-7(12)9-5-1-2-5/h5H,1-3H2,(H2,9,10,11,12). The van der Waals surface area contributed by atoms with E-state index in [2.05, 4.69) is 5.32 Å². The average molecular weight is 167 g/mol. The molecule has 0 atom stereocenters. The van der Waals surface area contributed by atoms with Crippen LogP contribution in [0.25, 0.3) is 0 Å². The normalized spacial score (nSPS) is 14.6. The Morgan fingerprint density at radius 2 is 2.17 bits per heavy atom. The molecule has 1 aliphatic rings. The molecule has 0 bridgehead atoms. The summed E-state index contributed by atoms with van der Waals surface area (Å²) in [6.45, 7) is 0. The van der Waals surface area contributed by atoms with Crippen LogP contribution in [-0.2, 0) is 4.79 Å². The van der Waals surface area contributed by atoms with Crippen LogP contribution in [0.3, 0.4) is 0 Å². The van der Waals surface area contributed by atoms with Gasteiger partial charge in [-0.3, -0.25) is 10.1 Å². The fraction of sp³-hybridized carbons (Fsp3) is 0.571. The topological polar surface area (TPSA) is 82.0 Å². The number of urea groups is 1. The third kappa shape index (κ3) is 3.01. The van der Waals surface area contributed by atoms with Gasteiger partial charge in [0.2, 0.25) is 5.91 Å². The predicted octanol–water partition coefficient (Wildman–Crippen LogP) is -0.112. The summed E-state index contributed by atoms with van der Waals surface area (Å²) in [5, 5.41) is 12.7. The first-order valence-corrected chi connectivity index (χ1v) is 3.69. The van der Waals surface area contributed by atoms with Gasteiger partial charge in [-0.2, -0.15) is 5.26 Å². The maximum Gasteiger partial charge on any atom is 0.321 e. The van der Waals surface area contributed by atoms with E-state index >= 15 is 0 Å². The van der Waals surface area contributed by atoms with Gasteiger partial charge >= 0.3 is 6.03 Å². The van der Waals surface area contributed by atoms with Crippen LogP contribution in [0.15, 0.2) is 0 Å². The SMILES string of the molecule is N#CCC(=O)NC(=O)NC1CC1. The summed E-state index contributed by atoms with van der Waals surface area (Å²) in [5.41, 5.74) is 0. The second kappa shape index (κ2) is 3.72. The molecule has 0 aliphatic heterocycles. The van der Waals surface area contributed by atoms with Crippen LogP contribution >= 0.6 is 0 Å². The van der Waals surface area contributed by atoms with Gasteiger partial charge in [0, 0.05) is 6.04 Å². The largest absolute Gasteiger partial charge is 0.335 e. The Bertz CT molecular complexity index is 240. The Morgan fingerprint density at radius 1 is 1.50 bits per heavy atom. The number of nitriles is 1. The average Bonchev–Trinajstić information content (AvgIpc) is 2.71. The minimum Gasteiger partial charge on any atom is -0.335 e. The maximum absolute atomic E-state index is 10.8. The molecular weight excluding hydrogens is 158 g/mol. The number of carbonyl (C=O) groups excluding carboxylic acids is 2. The number of nitrogens with one attached hydrogen (secondary N) is 2. The van der Waals surface area contributed by atoms with Crippen molar-refractivity contribution in [1.29, 1.82) is 5.26 Å². The molecule has 1 rings (SSSR count). The highest BCUT2D eigenvalue weighted by Gasteiger charge is 2.23. The lowest BCUT2D eigenvalue weighted by molar-refractivity contribution is -0.119. The second-order valence-electron chi connectivity index (χ2n) is 2.63. The molecule has 0 spiro atoms. The van der Waals surface area contributed by atoms with E-state index in [0.717, 1.165) is 12.8 Å². The van der Waals surface area contributed by atoms with Gasteiger partial charge in [-0.15, -0.1) is 0 Å². The van der Waals surface area contributed by atoms with Crippen molar-refractivity contribution in [2.45, 2.75) is 25.3 Å². The van der Waals surface area contributed by atoms with Crippen LogP contribution < -0.4 is 10.6 Å². The Balaban J connectivity index is 2.16. The molecule has 1 aliphatic carbocycles. The Hall–Kier alpha value is -1.57. The quantitative estimate of drug-likeness (QED) is 0.601. The highest BCUT2D eigenvalue weighted by atomic mass is 16.2. The van der Waals surface area contributed by atoms with E-state index in [0.29, 0.717) is 0 Å². The van der Waals surface area contributed by atoms with Crippen LogP contribution in [0.2, 0.25) is 0 Å². The molecule has 5 heteroatoms. The molecule has 0 radical (unpaired) electrons. The van der Waals surface area contributed by atoms with Crippen LogP contribution in [0, 0.1) is 11.3 Å². The molecule has 1 fully saturated rings. The predicted molar refractivity (Wildman–Crippen MR) is 39.9 cm³/mol. The molecule has 0 heterocycles. The lowest BCUT2D eigenvalue weighted by Gasteiger charge is -2.01. The van der Waals surface area contributed by atoms with Crippen LogP contribution in [0.1, 0.15) is 19.3 Å². The van der Waals surface area contributed by atoms with Gasteiger partial charge in [0.1, 0.15) is 6.42 Å². The zero-order valence-corrected chi connectivity index (χ0v) is 6.46. The first kappa shape index (κ1) is 8.53. The van der Waals surface area contributed by atoms with Crippen molar-refractivity contribution < 1.29 is 9.59 Å². The summed E-state index contributed by atoms with van der Waals surface area (Å²) < 4.78 is 0. The van der Waals surface area contributed by atoms with Crippen molar-refractivity contribution in [3.8, 4) is 6.07 Å². The highest BCUT2D eigenvalue weighted by molar-refractivity contribution is 5.95. The molecule has 0 aromatic rings. The van der Waals surface area contributed by atoms with Gasteiger partial charge < -0.3 is 5.32 Å². The van der Waals surface area contributed by atoms with Gasteiger partial charge in [0.15, 0.2) is 0 Å². The summed E-state index contributed by atoms with van der Waals surface area (Å²) in [4.78, 5) is 21.5. The van der Waals surface area contributed by atoms with Crippen molar-refractivity contribution >= 4 is 11.9 Å². The fourth-order valence-electron chi connectivity index (χ4n) is 0.692. The van der Waals surface area contributed by atoms with E-state index in [4.69, 9.17) is 5.26 Å². The summed E-state index contributed by atoms with van der Waals surface area (Å²) in [7, 11) is 0. The summed E-state index contributed by atoms with van der Waals surface area (Å²) in [6.07, 6.45) is 1.66. The number of hydrogen-bond donors (Lipinski definition) is 2. The van der Waals surface area contributed by atoms with Crippen molar-refractivity contribution in [3.05, 3.63) is 0 Å². The van der Waals surface area contributed by atoms with Gasteiger partial charge in [-0.05, 0) is 12.8 Å². The summed E-state index contributed by atoms with van der Waals surface area (Å²) in [5.74, 6) is -0.560. The Labute approximate surface area is 69.7 Å². The molecular formula is C7H9N3O2. The molecule has 64 valence electrons. The Morgan fingerprint density at radius 3 is 2.67 bits per heavy atom. The van der Waals surface area contributed by atoms with Crippen molar-refractivity contribution in [2.75, 3.05) is 0 Å². The number of amides is 3. The number of rotatable bonds is 2. The lowest BCUT2D eigenvalue weighted by Crippen LogP contribution is -2.40. The third-order valence-electron chi connectivity index (χ3n) is 1.41. The molecule has 1 saturated carbocycles. The van der Waals surface area contributed by atoms with Gasteiger partial charge in [0.05, 0.1) is 6.07 Å². The number of imide groups is 1. The number of nitrogens with zero attached hydrogens (tertiary/aromatic N) is 1. The van der Waals surface area contributed by atoms with Crippen LogP contribution in [-0.4, -0.2) is 18.0 Å². The minimum absolute atomic E-state index is 0.222. The van der Waals surface area contributed by atoms with Crippen molar-refractivity contribution in [2.24, 2.45) is 0 Å². The summed E-state index contributed by atoms with van der Waals surface area (Å²) in [6, 6.07) is 1.37. The fourth-order valence-corrected chi connectivity index (χ4v) is 0.692. The molecule has 2 N–H and O–H groups in total. The van der Waals surface area contributed by atoms with E-state index in [-0.39, 0.29) is 12.5 Å². The van der Waals surface area contributed by atoms with Crippen molar-refractivity contribution in [3.63, 3.8) is 0 Å². The monoisotopic (exact) mass is 167 g/mol. The zero-order valence-electron chi connectivity index (χ0n) is 6.46. The zero-order chi connectivity index (χ0) is 8.97. The molecule has 3 amide bonds. The first-order chi connectivity index (χ1) is 5.72. The maximum atomic E-state index is 10.8. The first-order valence-electron chi connectivity index (χ1n) is 3.69. The smallest absolute Gasteiger partial charge is 0.321 e. The number of carbonyl (C=O) groups is 2. The molecule has 0 aromatic heterocycles. The van der Waals surface area contributed by atoms with E-state index < -0.39 is 11.9 Å². The molecule has 12 heavy (non-hydrogen) atoms. The minimum atomic E-state index is -0.560. The van der Waals surface area contributed by atoms with E-state index in [1.807, 2.05) is 5.32 Å². The van der Waals surface area contributed by atoms with Gasteiger partial charge in [-0.25, -0.2) is 4.79 Å². The highest BCUT2D eigenvalue weighted by Crippen LogP contribution is 2.18. The van der Waals surface area contributed by atoms with Gasteiger partial charge in [-0.1, -0.05) is 0 Å². The molecule has 5 nitrogen and oxygen atoms in total. The lowest BCUT2D eigenvalue weighted by atomic mass is 10.4. The molecule has 0 saturated heterocycles. The summed E-state index contributed by atoms with van der Waals surface area (Å²) >= 11 is 0. The second-order valence-corrected chi connectivity index (χ2v) is 2.63. The molecule has 0 aromatic carbocycles. The third-order valence-corrected chi connectivity index (χ3v) is 1.41. The van der Waals surface area contributed by atoms with Crippen LogP contribution in [0.4, 0.5) is 4.79 Å². The van der Waals surface area contributed by atoms with Gasteiger partial charge in [0.25, 0.3) is 0 Å². The number of hydrogen-bond acceptors (Lipinski definition) is 3.